The summed E-state index contributed by atoms with van der Waals surface area (Å²) in [6.07, 6.45) is 8.23. The molecule has 1 aromatic carbocycles. The summed E-state index contributed by atoms with van der Waals surface area (Å²) in [6.45, 7) is 6.04. The third kappa shape index (κ3) is 2.83. The Morgan fingerprint density at radius 3 is 2.96 bits per heavy atom. The molecule has 0 bridgehead atoms. The van der Waals surface area contributed by atoms with E-state index in [0.29, 0.717) is 6.04 Å². The summed E-state index contributed by atoms with van der Waals surface area (Å²) in [4.78, 5) is 9.37. The third-order valence-electron chi connectivity index (χ3n) is 5.74. The van der Waals surface area contributed by atoms with Crippen molar-refractivity contribution in [2.75, 3.05) is 11.6 Å². The predicted molar refractivity (Wildman–Crippen MR) is 116 cm³/mol. The summed E-state index contributed by atoms with van der Waals surface area (Å²) in [7, 11) is 0. The van der Waals surface area contributed by atoms with Gasteiger partial charge in [-0.2, -0.15) is 14.6 Å². The average molecular weight is 390 g/mol. The second-order valence-electron chi connectivity index (χ2n) is 7.61. The molecule has 5 nitrogen and oxygen atoms in total. The number of nitrogens with zero attached hydrogens (tertiary/aromatic N) is 4. The van der Waals surface area contributed by atoms with Crippen LogP contribution in [0, 0.1) is 0 Å². The van der Waals surface area contributed by atoms with E-state index in [1.165, 1.54) is 16.7 Å². The van der Waals surface area contributed by atoms with Gasteiger partial charge in [-0.05, 0) is 61.1 Å². The maximum Gasteiger partial charge on any atom is 0.228 e. The Morgan fingerprint density at radius 2 is 2.14 bits per heavy atom. The first-order valence-corrected chi connectivity index (χ1v) is 10.9. The maximum absolute atomic E-state index is 4.71. The summed E-state index contributed by atoms with van der Waals surface area (Å²) in [5.74, 6) is 0.766. The highest BCUT2D eigenvalue weighted by Crippen LogP contribution is 2.42. The molecule has 2 aromatic heterocycles. The molecule has 0 saturated heterocycles. The lowest BCUT2D eigenvalue weighted by molar-refractivity contribution is 0.623. The topological polar surface area (TPSA) is 55.1 Å². The fraction of sp³-hybridized carbons (Fsp3) is 0.318. The predicted octanol–water partition coefficient (Wildman–Crippen LogP) is 4.85. The van der Waals surface area contributed by atoms with Gasteiger partial charge in [0.05, 0.1) is 6.20 Å². The molecule has 2 aliphatic rings. The van der Waals surface area contributed by atoms with Gasteiger partial charge in [0.25, 0.3) is 0 Å². The fourth-order valence-corrected chi connectivity index (χ4v) is 4.69. The normalized spacial score (nSPS) is 18.3. The average Bonchev–Trinajstić information content (AvgIpc) is 3.29. The first kappa shape index (κ1) is 17.5. The van der Waals surface area contributed by atoms with Crippen LogP contribution in [0.3, 0.4) is 0 Å². The van der Waals surface area contributed by atoms with Crippen LogP contribution in [0.15, 0.2) is 47.8 Å². The Labute approximate surface area is 169 Å². The first-order valence-electron chi connectivity index (χ1n) is 9.65. The van der Waals surface area contributed by atoms with E-state index in [0.717, 1.165) is 53.6 Å². The third-order valence-corrected chi connectivity index (χ3v) is 6.29. The van der Waals surface area contributed by atoms with E-state index in [9.17, 15) is 0 Å². The van der Waals surface area contributed by atoms with Crippen LogP contribution in [-0.2, 0) is 6.42 Å². The molecule has 28 heavy (non-hydrogen) atoms. The Hall–Kier alpha value is -2.60. The van der Waals surface area contributed by atoms with Gasteiger partial charge in [0, 0.05) is 11.6 Å². The van der Waals surface area contributed by atoms with Gasteiger partial charge in [0.1, 0.15) is 0 Å². The van der Waals surface area contributed by atoms with Crippen LogP contribution in [0.4, 0.5) is 5.95 Å². The molecule has 3 aromatic rings. The zero-order chi connectivity index (χ0) is 19.3. The SMILES string of the molecule is C=C(C)c1cnn2c(N[C@@H]3CCC4=C(C3)c3ccccc3C4)nc(SC)nc12. The first-order chi connectivity index (χ1) is 13.6. The Morgan fingerprint density at radius 1 is 1.29 bits per heavy atom. The van der Waals surface area contributed by atoms with Crippen LogP contribution in [-0.4, -0.2) is 31.9 Å². The molecule has 6 heteroatoms. The van der Waals surface area contributed by atoms with Gasteiger partial charge in [-0.25, -0.2) is 4.98 Å². The van der Waals surface area contributed by atoms with Gasteiger partial charge >= 0.3 is 0 Å². The van der Waals surface area contributed by atoms with Gasteiger partial charge in [-0.1, -0.05) is 48.2 Å². The molecule has 0 saturated carbocycles. The number of allylic oxidation sites excluding steroid dienone is 2. The summed E-state index contributed by atoms with van der Waals surface area (Å²) in [5, 5.41) is 8.95. The molecule has 0 radical (unpaired) electrons. The van der Waals surface area contributed by atoms with Crippen molar-refractivity contribution in [1.82, 2.24) is 19.6 Å². The number of nitrogens with one attached hydrogen (secondary N) is 1. The fourth-order valence-electron chi connectivity index (χ4n) is 4.34. The van der Waals surface area contributed by atoms with Crippen molar-refractivity contribution in [2.45, 2.75) is 43.8 Å². The van der Waals surface area contributed by atoms with Crippen molar-refractivity contribution in [3.8, 4) is 0 Å². The van der Waals surface area contributed by atoms with E-state index in [-0.39, 0.29) is 0 Å². The van der Waals surface area contributed by atoms with Crippen LogP contribution in [0.5, 0.6) is 0 Å². The number of rotatable bonds is 4. The lowest BCUT2D eigenvalue weighted by Gasteiger charge is -2.26. The number of thioether (sulfide) groups is 1. The second-order valence-corrected chi connectivity index (χ2v) is 8.38. The zero-order valence-electron chi connectivity index (χ0n) is 16.2. The smallest absolute Gasteiger partial charge is 0.228 e. The molecule has 0 unspecified atom stereocenters. The molecule has 1 N–H and O–H groups in total. The maximum atomic E-state index is 4.71. The minimum atomic E-state index is 0.343. The lowest BCUT2D eigenvalue weighted by atomic mass is 9.88. The van der Waals surface area contributed by atoms with Crippen molar-refractivity contribution < 1.29 is 0 Å². The monoisotopic (exact) mass is 389 g/mol. The van der Waals surface area contributed by atoms with Gasteiger partial charge < -0.3 is 5.32 Å². The van der Waals surface area contributed by atoms with Crippen LogP contribution < -0.4 is 5.32 Å². The molecule has 0 spiro atoms. The Balaban J connectivity index is 1.47. The highest BCUT2D eigenvalue weighted by molar-refractivity contribution is 7.98. The van der Waals surface area contributed by atoms with Crippen molar-refractivity contribution in [3.05, 3.63) is 59.3 Å². The molecule has 142 valence electrons. The molecular formula is C22H23N5S. The molecule has 1 atom stereocenters. The zero-order valence-corrected chi connectivity index (χ0v) is 17.0. The van der Waals surface area contributed by atoms with E-state index in [4.69, 9.17) is 4.98 Å². The van der Waals surface area contributed by atoms with Gasteiger partial charge in [-0.15, -0.1) is 0 Å². The minimum Gasteiger partial charge on any atom is -0.351 e. The Bertz CT molecular complexity index is 1130. The van der Waals surface area contributed by atoms with E-state index >= 15 is 0 Å². The lowest BCUT2D eigenvalue weighted by Crippen LogP contribution is -2.25. The van der Waals surface area contributed by atoms with Gasteiger partial charge in [0.2, 0.25) is 5.95 Å². The number of fused-ring (bicyclic) bond motifs is 3. The standard InChI is InChI=1S/C22H23N5S/c1-13(2)19-12-23-27-20(19)25-22(28-3)26-21(27)24-16-9-8-15-10-14-6-4-5-7-17(14)18(15)11-16/h4-7,12,16H,1,8-11H2,2-3H3,(H,24,25,26)/t16-/m1/s1. The van der Waals surface area contributed by atoms with Crippen molar-refractivity contribution in [3.63, 3.8) is 0 Å². The summed E-state index contributed by atoms with van der Waals surface area (Å²) < 4.78 is 1.82. The molecule has 0 amide bonds. The van der Waals surface area contributed by atoms with Crippen molar-refractivity contribution in [2.24, 2.45) is 0 Å². The highest BCUT2D eigenvalue weighted by Gasteiger charge is 2.28. The highest BCUT2D eigenvalue weighted by atomic mass is 32.2. The number of benzene rings is 1. The second kappa shape index (κ2) is 6.78. The molecule has 2 aliphatic carbocycles. The van der Waals surface area contributed by atoms with E-state index in [1.54, 1.807) is 17.3 Å². The molecule has 0 fully saturated rings. The van der Waals surface area contributed by atoms with E-state index in [2.05, 4.69) is 46.2 Å². The number of anilines is 1. The molecule has 5 rings (SSSR count). The van der Waals surface area contributed by atoms with E-state index < -0.39 is 0 Å². The number of hydrogen-bond donors (Lipinski definition) is 1. The van der Waals surface area contributed by atoms with Crippen molar-refractivity contribution in [1.29, 1.82) is 0 Å². The van der Waals surface area contributed by atoms with E-state index in [1.807, 2.05) is 23.9 Å². The summed E-state index contributed by atoms with van der Waals surface area (Å²) >= 11 is 1.55. The molecule has 0 aliphatic heterocycles. The van der Waals surface area contributed by atoms with Gasteiger partial charge in [0.15, 0.2) is 10.8 Å². The van der Waals surface area contributed by atoms with Crippen LogP contribution in [0.2, 0.25) is 0 Å². The van der Waals surface area contributed by atoms with Crippen LogP contribution in [0.1, 0.15) is 42.9 Å². The van der Waals surface area contributed by atoms with Gasteiger partial charge in [-0.3, -0.25) is 0 Å². The Kier molecular flexibility index (Phi) is 4.23. The summed E-state index contributed by atoms with van der Waals surface area (Å²) in [5.41, 5.74) is 8.79. The molecular weight excluding hydrogens is 366 g/mol. The molecule has 2 heterocycles. The van der Waals surface area contributed by atoms with Crippen LogP contribution >= 0.6 is 11.8 Å². The summed E-state index contributed by atoms with van der Waals surface area (Å²) in [6, 6.07) is 9.16. The van der Waals surface area contributed by atoms with Crippen LogP contribution in [0.25, 0.3) is 16.8 Å². The number of aromatic nitrogens is 4. The largest absolute Gasteiger partial charge is 0.351 e. The quantitative estimate of drug-likeness (QED) is 0.646. The minimum absolute atomic E-state index is 0.343. The number of hydrogen-bond acceptors (Lipinski definition) is 5. The van der Waals surface area contributed by atoms with Crippen molar-refractivity contribution >= 4 is 34.5 Å².